The fourth-order valence-electron chi connectivity index (χ4n) is 2.24. The first-order chi connectivity index (χ1) is 7.52. The quantitative estimate of drug-likeness (QED) is 0.846. The standard InChI is InChI=1S/C10H14F3N3/c11-10(12,13)9-15-6-8-5-7(1-3-14)2-4-16(8)9/h6-7H,1-5,14H2. The third-order valence-corrected chi connectivity index (χ3v) is 3.03. The number of imidazole rings is 1. The lowest BCUT2D eigenvalue weighted by atomic mass is 9.93. The molecule has 0 saturated carbocycles. The Morgan fingerprint density at radius 2 is 2.25 bits per heavy atom. The number of fused-ring (bicyclic) bond motifs is 1. The highest BCUT2D eigenvalue weighted by Gasteiger charge is 2.38. The summed E-state index contributed by atoms with van der Waals surface area (Å²) in [5, 5.41) is 0. The predicted molar refractivity (Wildman–Crippen MR) is 52.7 cm³/mol. The molecule has 1 aromatic rings. The summed E-state index contributed by atoms with van der Waals surface area (Å²) >= 11 is 0. The van der Waals surface area contributed by atoms with E-state index in [4.69, 9.17) is 5.73 Å². The molecule has 0 radical (unpaired) electrons. The first-order valence-electron chi connectivity index (χ1n) is 5.34. The second-order valence-electron chi connectivity index (χ2n) is 4.16. The Balaban J connectivity index is 2.20. The molecule has 3 nitrogen and oxygen atoms in total. The van der Waals surface area contributed by atoms with Crippen molar-refractivity contribution >= 4 is 0 Å². The molecule has 6 heteroatoms. The average molecular weight is 233 g/mol. The molecule has 1 aliphatic rings. The van der Waals surface area contributed by atoms with Crippen LogP contribution in [0.2, 0.25) is 0 Å². The summed E-state index contributed by atoms with van der Waals surface area (Å²) < 4.78 is 38.9. The van der Waals surface area contributed by atoms with Crippen molar-refractivity contribution in [3.8, 4) is 0 Å². The van der Waals surface area contributed by atoms with Crippen LogP contribution in [0, 0.1) is 5.92 Å². The number of alkyl halides is 3. The molecule has 2 rings (SSSR count). The van der Waals surface area contributed by atoms with E-state index in [1.165, 1.54) is 10.8 Å². The van der Waals surface area contributed by atoms with Gasteiger partial charge in [0.2, 0.25) is 5.82 Å². The molecule has 0 bridgehead atoms. The van der Waals surface area contributed by atoms with Gasteiger partial charge in [0.1, 0.15) is 0 Å². The fraction of sp³-hybridized carbons (Fsp3) is 0.700. The lowest BCUT2D eigenvalue weighted by Crippen LogP contribution is -2.24. The maximum Gasteiger partial charge on any atom is 0.449 e. The summed E-state index contributed by atoms with van der Waals surface area (Å²) in [6.07, 6.45) is -0.735. The zero-order valence-corrected chi connectivity index (χ0v) is 8.80. The number of nitrogens with two attached hydrogens (primary N) is 1. The van der Waals surface area contributed by atoms with Gasteiger partial charge in [0.05, 0.1) is 0 Å². The van der Waals surface area contributed by atoms with Crippen molar-refractivity contribution in [2.24, 2.45) is 11.7 Å². The van der Waals surface area contributed by atoms with Gasteiger partial charge in [-0.25, -0.2) is 4.98 Å². The second-order valence-corrected chi connectivity index (χ2v) is 4.16. The number of hydrogen-bond acceptors (Lipinski definition) is 2. The fourth-order valence-corrected chi connectivity index (χ4v) is 2.24. The number of rotatable bonds is 2. The summed E-state index contributed by atoms with van der Waals surface area (Å²) in [7, 11) is 0. The van der Waals surface area contributed by atoms with Crippen molar-refractivity contribution in [2.45, 2.75) is 32.0 Å². The lowest BCUT2D eigenvalue weighted by molar-refractivity contribution is -0.147. The Labute approximate surface area is 91.5 Å². The number of nitrogens with zero attached hydrogens (tertiary/aromatic N) is 2. The molecule has 0 fully saturated rings. The normalized spacial score (nSPS) is 20.9. The van der Waals surface area contributed by atoms with E-state index in [0.717, 1.165) is 12.8 Å². The van der Waals surface area contributed by atoms with Crippen LogP contribution in [-0.2, 0) is 19.1 Å². The van der Waals surface area contributed by atoms with Gasteiger partial charge in [0.15, 0.2) is 0 Å². The summed E-state index contributed by atoms with van der Waals surface area (Å²) in [5.41, 5.74) is 6.13. The summed E-state index contributed by atoms with van der Waals surface area (Å²) in [6.45, 7) is 0.986. The van der Waals surface area contributed by atoms with Crippen LogP contribution in [0.3, 0.4) is 0 Å². The van der Waals surface area contributed by atoms with Gasteiger partial charge < -0.3 is 10.3 Å². The van der Waals surface area contributed by atoms with E-state index in [9.17, 15) is 13.2 Å². The number of aromatic nitrogens is 2. The van der Waals surface area contributed by atoms with Crippen LogP contribution < -0.4 is 5.73 Å². The molecule has 1 atom stereocenters. The van der Waals surface area contributed by atoms with Gasteiger partial charge >= 0.3 is 6.18 Å². The minimum atomic E-state index is -4.35. The third-order valence-electron chi connectivity index (χ3n) is 3.03. The Morgan fingerprint density at radius 3 is 2.88 bits per heavy atom. The smallest absolute Gasteiger partial charge is 0.330 e. The summed E-state index contributed by atoms with van der Waals surface area (Å²) in [6, 6.07) is 0. The molecule has 0 spiro atoms. The Kier molecular flexibility index (Phi) is 2.92. The molecule has 0 amide bonds. The van der Waals surface area contributed by atoms with Crippen molar-refractivity contribution in [2.75, 3.05) is 6.54 Å². The van der Waals surface area contributed by atoms with Crippen molar-refractivity contribution < 1.29 is 13.2 Å². The van der Waals surface area contributed by atoms with Crippen molar-refractivity contribution in [1.29, 1.82) is 0 Å². The van der Waals surface area contributed by atoms with Crippen LogP contribution in [0.25, 0.3) is 0 Å². The molecule has 16 heavy (non-hydrogen) atoms. The molecule has 0 aromatic carbocycles. The molecular weight excluding hydrogens is 219 g/mol. The Hall–Kier alpha value is -1.04. The van der Waals surface area contributed by atoms with E-state index >= 15 is 0 Å². The first-order valence-corrected chi connectivity index (χ1v) is 5.34. The Morgan fingerprint density at radius 1 is 1.50 bits per heavy atom. The number of halogens is 3. The minimum Gasteiger partial charge on any atom is -0.330 e. The molecular formula is C10H14F3N3. The van der Waals surface area contributed by atoms with Gasteiger partial charge in [0, 0.05) is 18.4 Å². The predicted octanol–water partition coefficient (Wildman–Crippen LogP) is 1.81. The lowest BCUT2D eigenvalue weighted by Gasteiger charge is -2.24. The van der Waals surface area contributed by atoms with Gasteiger partial charge in [-0.3, -0.25) is 0 Å². The van der Waals surface area contributed by atoms with Crippen LogP contribution >= 0.6 is 0 Å². The third kappa shape index (κ3) is 2.07. The SMILES string of the molecule is NCCC1CCn2c(cnc2C(F)(F)F)C1. The monoisotopic (exact) mass is 233 g/mol. The molecule has 0 saturated heterocycles. The van der Waals surface area contributed by atoms with E-state index < -0.39 is 12.0 Å². The maximum absolute atomic E-state index is 12.6. The van der Waals surface area contributed by atoms with E-state index in [-0.39, 0.29) is 0 Å². The summed E-state index contributed by atoms with van der Waals surface area (Å²) in [5.74, 6) is -0.371. The van der Waals surface area contributed by atoms with Crippen molar-refractivity contribution in [1.82, 2.24) is 9.55 Å². The molecule has 2 N–H and O–H groups in total. The number of hydrogen-bond donors (Lipinski definition) is 1. The highest BCUT2D eigenvalue weighted by molar-refractivity contribution is 5.11. The highest BCUT2D eigenvalue weighted by atomic mass is 19.4. The molecule has 1 aromatic heterocycles. The largest absolute Gasteiger partial charge is 0.449 e. The van der Waals surface area contributed by atoms with E-state index in [1.807, 2.05) is 0 Å². The van der Waals surface area contributed by atoms with Crippen molar-refractivity contribution in [3.05, 3.63) is 17.7 Å². The topological polar surface area (TPSA) is 43.8 Å². The zero-order chi connectivity index (χ0) is 11.8. The van der Waals surface area contributed by atoms with Crippen LogP contribution in [0.4, 0.5) is 13.2 Å². The van der Waals surface area contributed by atoms with Gasteiger partial charge in [0.25, 0.3) is 0 Å². The van der Waals surface area contributed by atoms with Crippen LogP contribution in [-0.4, -0.2) is 16.1 Å². The molecule has 1 unspecified atom stereocenters. The molecule has 2 heterocycles. The molecule has 90 valence electrons. The second kappa shape index (κ2) is 4.08. The first kappa shape index (κ1) is 11.4. The highest BCUT2D eigenvalue weighted by Crippen LogP contribution is 2.32. The van der Waals surface area contributed by atoms with E-state index in [2.05, 4.69) is 4.98 Å². The maximum atomic E-state index is 12.6. The van der Waals surface area contributed by atoms with Gasteiger partial charge in [-0.15, -0.1) is 0 Å². The van der Waals surface area contributed by atoms with Gasteiger partial charge in [-0.2, -0.15) is 13.2 Å². The van der Waals surface area contributed by atoms with Gasteiger partial charge in [-0.1, -0.05) is 0 Å². The van der Waals surface area contributed by atoms with Crippen LogP contribution in [0.5, 0.6) is 0 Å². The van der Waals surface area contributed by atoms with Gasteiger partial charge in [-0.05, 0) is 31.7 Å². The Bertz CT molecular complexity index is 370. The average Bonchev–Trinajstić information content (AvgIpc) is 2.60. The minimum absolute atomic E-state index is 0.398. The van der Waals surface area contributed by atoms with Crippen LogP contribution in [0.15, 0.2) is 6.20 Å². The van der Waals surface area contributed by atoms with E-state index in [0.29, 0.717) is 31.1 Å². The van der Waals surface area contributed by atoms with Crippen molar-refractivity contribution in [3.63, 3.8) is 0 Å². The zero-order valence-electron chi connectivity index (χ0n) is 8.80. The molecule has 0 aliphatic carbocycles. The van der Waals surface area contributed by atoms with Crippen LogP contribution in [0.1, 0.15) is 24.4 Å². The summed E-state index contributed by atoms with van der Waals surface area (Å²) in [4.78, 5) is 3.47. The van der Waals surface area contributed by atoms with E-state index in [1.54, 1.807) is 0 Å². The molecule has 1 aliphatic heterocycles.